The van der Waals surface area contributed by atoms with E-state index < -0.39 is 23.9 Å². The first-order chi connectivity index (χ1) is 14.3. The Labute approximate surface area is 170 Å². The number of nitrogens with one attached hydrogen (secondary N) is 1. The number of hydrogen-bond donors (Lipinski definition) is 2. The van der Waals surface area contributed by atoms with Gasteiger partial charge in [-0.25, -0.2) is 9.50 Å². The van der Waals surface area contributed by atoms with Crippen molar-refractivity contribution in [2.75, 3.05) is 19.6 Å². The predicted octanol–water partition coefficient (Wildman–Crippen LogP) is 1.90. The summed E-state index contributed by atoms with van der Waals surface area (Å²) in [6.07, 6.45) is -3.35. The first kappa shape index (κ1) is 20.3. The zero-order chi connectivity index (χ0) is 21.3. The van der Waals surface area contributed by atoms with E-state index >= 15 is 0 Å². The Morgan fingerprint density at radius 2 is 2.00 bits per heavy atom. The molecule has 0 fully saturated rings. The van der Waals surface area contributed by atoms with Crippen molar-refractivity contribution in [3.8, 4) is 0 Å². The van der Waals surface area contributed by atoms with Crippen LogP contribution in [-0.2, 0) is 19.1 Å². The van der Waals surface area contributed by atoms with Crippen molar-refractivity contribution in [3.05, 3.63) is 65.1 Å². The maximum Gasteiger partial charge on any atom is 0.433 e. The van der Waals surface area contributed by atoms with E-state index in [1.807, 2.05) is 12.1 Å². The molecule has 4 rings (SSSR count). The Bertz CT molecular complexity index is 1070. The summed E-state index contributed by atoms with van der Waals surface area (Å²) in [4.78, 5) is 17.9. The molecular weight excluding hydrogens is 399 g/mol. The number of benzene rings is 1. The van der Waals surface area contributed by atoms with Gasteiger partial charge in [-0.05, 0) is 23.6 Å². The fourth-order valence-corrected chi connectivity index (χ4v) is 3.52. The fraction of sp³-hybridized carbons (Fsp3) is 0.350. The quantitative estimate of drug-likeness (QED) is 0.660. The van der Waals surface area contributed by atoms with Gasteiger partial charge in [0.05, 0.1) is 6.10 Å². The highest BCUT2D eigenvalue weighted by atomic mass is 19.4. The number of aliphatic hydroxyl groups is 1. The summed E-state index contributed by atoms with van der Waals surface area (Å²) >= 11 is 0. The first-order valence-corrected chi connectivity index (χ1v) is 9.48. The molecule has 10 heteroatoms. The molecule has 0 aliphatic carbocycles. The lowest BCUT2D eigenvalue weighted by Gasteiger charge is -2.30. The minimum absolute atomic E-state index is 0.00603. The number of fused-ring (bicyclic) bond motifs is 2. The van der Waals surface area contributed by atoms with E-state index in [2.05, 4.69) is 32.4 Å². The normalized spacial score (nSPS) is 15.7. The van der Waals surface area contributed by atoms with Crippen molar-refractivity contribution in [2.45, 2.75) is 25.2 Å². The molecule has 3 heterocycles. The summed E-state index contributed by atoms with van der Waals surface area (Å²) < 4.78 is 39.4. The van der Waals surface area contributed by atoms with Gasteiger partial charge in [-0.1, -0.05) is 24.3 Å². The molecule has 7 nitrogen and oxygen atoms in total. The number of carbonyl (C=O) groups excluding carboxylic acids is 1. The van der Waals surface area contributed by atoms with Crippen LogP contribution in [0.3, 0.4) is 0 Å². The largest absolute Gasteiger partial charge is 0.433 e. The van der Waals surface area contributed by atoms with E-state index in [9.17, 15) is 23.1 Å². The number of carbonyl (C=O) groups is 1. The number of aliphatic hydroxyl groups excluding tert-OH is 1. The molecule has 0 unspecified atom stereocenters. The minimum atomic E-state index is -4.58. The van der Waals surface area contributed by atoms with Crippen LogP contribution in [0.25, 0.3) is 5.65 Å². The van der Waals surface area contributed by atoms with E-state index in [1.54, 1.807) is 0 Å². The number of aromatic nitrogens is 3. The predicted molar refractivity (Wildman–Crippen MR) is 102 cm³/mol. The molecule has 0 spiro atoms. The van der Waals surface area contributed by atoms with Crippen LogP contribution >= 0.6 is 0 Å². The van der Waals surface area contributed by atoms with Crippen molar-refractivity contribution < 1.29 is 23.1 Å². The number of amides is 1. The van der Waals surface area contributed by atoms with Gasteiger partial charge in [0, 0.05) is 38.4 Å². The second kappa shape index (κ2) is 8.04. The van der Waals surface area contributed by atoms with Crippen LogP contribution in [0.4, 0.5) is 13.2 Å². The van der Waals surface area contributed by atoms with Crippen molar-refractivity contribution in [1.82, 2.24) is 24.8 Å². The van der Waals surface area contributed by atoms with Crippen LogP contribution < -0.4 is 5.32 Å². The van der Waals surface area contributed by atoms with Crippen LogP contribution in [-0.4, -0.2) is 56.2 Å². The Morgan fingerprint density at radius 3 is 2.77 bits per heavy atom. The summed E-state index contributed by atoms with van der Waals surface area (Å²) in [6.45, 7) is 1.96. The van der Waals surface area contributed by atoms with Gasteiger partial charge >= 0.3 is 6.18 Å². The standard InChI is InChI=1S/C20H20F3N5O2/c21-20(22,23)17-6-8-28-18(25-17)9-16(26-28)19(30)24-10-15(29)12-27-7-5-13-3-1-2-4-14(13)11-27/h1-4,6,8-9,15,29H,5,7,10-12H2,(H,24,30)/t15-/m0/s1. The molecule has 0 radical (unpaired) electrons. The number of halogens is 3. The van der Waals surface area contributed by atoms with Crippen LogP contribution in [0, 0.1) is 0 Å². The molecule has 2 aromatic heterocycles. The first-order valence-electron chi connectivity index (χ1n) is 9.48. The Balaban J connectivity index is 1.33. The molecule has 0 saturated carbocycles. The van der Waals surface area contributed by atoms with Gasteiger partial charge in [-0.2, -0.15) is 18.3 Å². The van der Waals surface area contributed by atoms with Gasteiger partial charge in [0.25, 0.3) is 5.91 Å². The van der Waals surface area contributed by atoms with E-state index in [1.165, 1.54) is 17.2 Å². The number of nitrogens with zero attached hydrogens (tertiary/aromatic N) is 4. The molecule has 2 N–H and O–H groups in total. The molecule has 30 heavy (non-hydrogen) atoms. The molecule has 1 aromatic carbocycles. The number of alkyl halides is 3. The third kappa shape index (κ3) is 4.44. The molecule has 1 amide bonds. The highest BCUT2D eigenvalue weighted by molar-refractivity contribution is 5.93. The van der Waals surface area contributed by atoms with Gasteiger partial charge in [0.15, 0.2) is 11.3 Å². The average molecular weight is 419 g/mol. The third-order valence-electron chi connectivity index (χ3n) is 5.02. The van der Waals surface area contributed by atoms with Gasteiger partial charge < -0.3 is 10.4 Å². The minimum Gasteiger partial charge on any atom is -0.390 e. The fourth-order valence-electron chi connectivity index (χ4n) is 3.52. The van der Waals surface area contributed by atoms with Crippen LogP contribution in [0.5, 0.6) is 0 Å². The molecule has 0 bridgehead atoms. The molecule has 0 saturated heterocycles. The Morgan fingerprint density at radius 1 is 1.23 bits per heavy atom. The number of rotatable bonds is 5. The topological polar surface area (TPSA) is 82.8 Å². The summed E-state index contributed by atoms with van der Waals surface area (Å²) in [5.41, 5.74) is 1.34. The van der Waals surface area contributed by atoms with Gasteiger partial charge in [-0.15, -0.1) is 0 Å². The molecule has 158 valence electrons. The SMILES string of the molecule is O=C(NC[C@H](O)CN1CCc2ccccc2C1)c1cc2nc(C(F)(F)F)ccn2n1. The molecule has 3 aromatic rings. The van der Waals surface area contributed by atoms with E-state index in [-0.39, 0.29) is 17.9 Å². The zero-order valence-electron chi connectivity index (χ0n) is 15.9. The second-order valence-corrected chi connectivity index (χ2v) is 7.26. The lowest BCUT2D eigenvalue weighted by Crippen LogP contribution is -2.42. The summed E-state index contributed by atoms with van der Waals surface area (Å²) in [5, 5.41) is 16.8. The van der Waals surface area contributed by atoms with Crippen molar-refractivity contribution >= 4 is 11.6 Å². The van der Waals surface area contributed by atoms with E-state index in [0.717, 1.165) is 36.3 Å². The molecule has 1 atom stereocenters. The van der Waals surface area contributed by atoms with Crippen molar-refractivity contribution in [3.63, 3.8) is 0 Å². The van der Waals surface area contributed by atoms with Gasteiger partial charge in [-0.3, -0.25) is 9.69 Å². The molecule has 1 aliphatic heterocycles. The second-order valence-electron chi connectivity index (χ2n) is 7.26. The third-order valence-corrected chi connectivity index (χ3v) is 5.02. The van der Waals surface area contributed by atoms with E-state index in [4.69, 9.17) is 0 Å². The summed E-state index contributed by atoms with van der Waals surface area (Å²) in [6, 6.07) is 10.1. The summed E-state index contributed by atoms with van der Waals surface area (Å²) in [7, 11) is 0. The lowest BCUT2D eigenvalue weighted by atomic mass is 10.00. The Kier molecular flexibility index (Phi) is 5.44. The van der Waals surface area contributed by atoms with Crippen molar-refractivity contribution in [2.24, 2.45) is 0 Å². The van der Waals surface area contributed by atoms with Gasteiger partial charge in [0.1, 0.15) is 5.69 Å². The van der Waals surface area contributed by atoms with Crippen molar-refractivity contribution in [1.29, 1.82) is 0 Å². The monoisotopic (exact) mass is 419 g/mol. The average Bonchev–Trinajstić information content (AvgIpc) is 3.15. The highest BCUT2D eigenvalue weighted by Crippen LogP contribution is 2.27. The number of β-amino-alcohol motifs (C(OH)–C–C–N with tert-alkyl or cyclic N) is 1. The number of hydrogen-bond acceptors (Lipinski definition) is 5. The maximum atomic E-state index is 12.8. The molecular formula is C20H20F3N5O2. The molecule has 1 aliphatic rings. The van der Waals surface area contributed by atoms with Gasteiger partial charge in [0.2, 0.25) is 0 Å². The van der Waals surface area contributed by atoms with E-state index in [0.29, 0.717) is 6.54 Å². The zero-order valence-corrected chi connectivity index (χ0v) is 15.9. The Hall–Kier alpha value is -2.98. The van der Waals surface area contributed by atoms with Crippen LogP contribution in [0.2, 0.25) is 0 Å². The van der Waals surface area contributed by atoms with Crippen LogP contribution in [0.15, 0.2) is 42.6 Å². The summed E-state index contributed by atoms with van der Waals surface area (Å²) in [5.74, 6) is -0.586. The lowest BCUT2D eigenvalue weighted by molar-refractivity contribution is -0.141. The smallest absolute Gasteiger partial charge is 0.390 e. The highest BCUT2D eigenvalue weighted by Gasteiger charge is 2.33. The van der Waals surface area contributed by atoms with Crippen LogP contribution in [0.1, 0.15) is 27.3 Å². The maximum absolute atomic E-state index is 12.8.